The lowest BCUT2D eigenvalue weighted by atomic mass is 10.6. The predicted molar refractivity (Wildman–Crippen MR) is 82.1 cm³/mol. The van der Waals surface area contributed by atoms with Crippen LogP contribution >= 0.6 is 0 Å². The maximum Gasteiger partial charge on any atom is 0.209 e. The Kier molecular flexibility index (Phi) is 204. The van der Waals surface area contributed by atoms with Crippen LogP contribution in [0.2, 0.25) is 0 Å². The smallest absolute Gasteiger partial charge is 0.209 e. The summed E-state index contributed by atoms with van der Waals surface area (Å²) in [5.41, 5.74) is 0. The third-order valence-electron chi connectivity index (χ3n) is 0.489. The van der Waals surface area contributed by atoms with E-state index in [9.17, 15) is 8.42 Å². The molecule has 0 atom stereocenters. The van der Waals surface area contributed by atoms with Gasteiger partial charge in [0.15, 0.2) is 0 Å². The highest BCUT2D eigenvalue weighted by molar-refractivity contribution is 7.89. The molecule has 0 unspecified atom stereocenters. The Morgan fingerprint density at radius 1 is 0.800 bits per heavy atom. The first-order chi connectivity index (χ1) is 3.06. The molecule has 0 heterocycles. The summed E-state index contributed by atoms with van der Waals surface area (Å²) in [6.45, 7) is 1.77. The minimum Gasteiger partial charge on any atom is -0.229 e. The highest BCUT2D eigenvalue weighted by Crippen LogP contribution is 1.79. The molecule has 0 aromatic rings. The van der Waals surface area contributed by atoms with Gasteiger partial charge >= 0.3 is 0 Å². The predicted octanol–water partition coefficient (Wildman–Crippen LogP) is 4.77. The molecule has 0 aromatic heterocycles. The fourth-order valence-electron chi connectivity index (χ4n) is 0.285. The van der Waals surface area contributed by atoms with Crippen LogP contribution in [-0.4, -0.2) is 14.2 Å². The van der Waals surface area contributed by atoms with Gasteiger partial charge in [-0.3, -0.25) is 0 Å². The average molecular weight is 252 g/mol. The number of sulfonamides is 1. The Bertz CT molecular complexity index is 132. The molecule has 2 N–H and O–H groups in total. The van der Waals surface area contributed by atoms with E-state index in [4.69, 9.17) is 0 Å². The zero-order valence-corrected chi connectivity index (χ0v) is 5.03. The van der Waals surface area contributed by atoms with Crippen molar-refractivity contribution in [3.63, 3.8) is 0 Å². The largest absolute Gasteiger partial charge is 0.229 e. The Balaban J connectivity index is -0.00000000643. The Morgan fingerprint density at radius 3 is 1.00 bits per heavy atom. The molecule has 0 saturated heterocycles. The van der Waals surface area contributed by atoms with Gasteiger partial charge in [-0.25, -0.2) is 13.6 Å². The van der Waals surface area contributed by atoms with Crippen LogP contribution in [0.25, 0.3) is 0 Å². The second-order valence-electron chi connectivity index (χ2n) is 1.37. The minimum atomic E-state index is -3.17. The van der Waals surface area contributed by atoms with E-state index in [1.165, 1.54) is 0 Å². The van der Waals surface area contributed by atoms with Gasteiger partial charge in [-0.05, 0) is 6.42 Å². The van der Waals surface area contributed by atoms with Crippen molar-refractivity contribution >= 4 is 10.0 Å². The Labute approximate surface area is 103 Å². The average Bonchev–Trinajstić information content (AvgIpc) is 1.30. The molecule has 0 aliphatic rings. The molecule has 0 aromatic carbocycles. The summed E-state index contributed by atoms with van der Waals surface area (Å²) in [6, 6.07) is 0. The van der Waals surface area contributed by atoms with Gasteiger partial charge in [0.05, 0.1) is 5.75 Å². The molecule has 0 saturated carbocycles. The molecule has 4 heteroatoms. The fraction of sp³-hybridized carbons (Fsp3) is 1.00. The van der Waals surface area contributed by atoms with Crippen LogP contribution in [0, 0.1) is 0 Å². The fourth-order valence-corrected chi connectivity index (χ4v) is 0.854. The van der Waals surface area contributed by atoms with Crippen molar-refractivity contribution in [2.75, 3.05) is 5.75 Å². The molecule has 3 nitrogen and oxygen atoms in total. The number of hydrogen-bond donors (Lipinski definition) is 1. The third kappa shape index (κ3) is 129. The monoisotopic (exact) mass is 251 g/mol. The molecule has 0 spiro atoms. The molecule has 108 valence electrons. The molecule has 0 aliphatic heterocycles. The van der Waals surface area contributed by atoms with Gasteiger partial charge in [0.2, 0.25) is 10.0 Å². The van der Waals surface area contributed by atoms with Crippen molar-refractivity contribution in [3.8, 4) is 0 Å². The summed E-state index contributed by atoms with van der Waals surface area (Å²) in [7, 11) is -3.17. The van der Waals surface area contributed by atoms with Gasteiger partial charge in [-0.15, -0.1) is 0 Å². The first-order valence-electron chi connectivity index (χ1n) is 2.06. The third-order valence-corrected chi connectivity index (χ3v) is 1.47. The van der Waals surface area contributed by atoms with Gasteiger partial charge in [-0.1, -0.05) is 66.3 Å². The van der Waals surface area contributed by atoms with E-state index < -0.39 is 10.0 Å². The van der Waals surface area contributed by atoms with Crippen LogP contribution in [-0.2, 0) is 10.0 Å². The van der Waals surface area contributed by atoms with Crippen molar-refractivity contribution < 1.29 is 8.42 Å². The second-order valence-corrected chi connectivity index (χ2v) is 3.10. The zero-order valence-electron chi connectivity index (χ0n) is 4.22. The van der Waals surface area contributed by atoms with Gasteiger partial charge in [-0.2, -0.15) is 0 Å². The van der Waals surface area contributed by atoms with Gasteiger partial charge < -0.3 is 0 Å². The molecular weight excluding hydrogens is 210 g/mol. The maximum atomic E-state index is 10.0. The Morgan fingerprint density at radius 2 is 1.00 bits per heavy atom. The van der Waals surface area contributed by atoms with Gasteiger partial charge in [0.25, 0.3) is 0 Å². The van der Waals surface area contributed by atoms with E-state index >= 15 is 0 Å². The summed E-state index contributed by atoms with van der Waals surface area (Å²) < 4.78 is 20.0. The molecule has 0 radical (unpaired) electrons. The number of rotatable bonds is 2. The lowest BCUT2D eigenvalue weighted by Crippen LogP contribution is -2.15. The van der Waals surface area contributed by atoms with Crippen molar-refractivity contribution in [1.29, 1.82) is 0 Å². The first kappa shape index (κ1) is 82.6. The number of nitrogens with two attached hydrogens (primary N) is 1. The highest BCUT2D eigenvalue weighted by atomic mass is 32.2. The van der Waals surface area contributed by atoms with Crippen LogP contribution in [0.1, 0.15) is 72.8 Å². The van der Waals surface area contributed by atoms with Crippen LogP contribution in [0.3, 0.4) is 0 Å². The lowest BCUT2D eigenvalue weighted by Gasteiger charge is -1.87. The minimum absolute atomic E-state index is 0. The van der Waals surface area contributed by atoms with E-state index in [1.807, 2.05) is 0 Å². The zero-order chi connectivity index (χ0) is 5.91. The van der Waals surface area contributed by atoms with Crippen molar-refractivity contribution in [2.45, 2.75) is 72.8 Å². The SMILES string of the molecule is C.C.C.C.C.C.C.C.CCCS(N)(=O)=O. The molecule has 0 fully saturated rings. The summed E-state index contributed by atoms with van der Waals surface area (Å²) >= 11 is 0. The summed E-state index contributed by atoms with van der Waals surface area (Å²) in [5, 5.41) is 4.62. The topological polar surface area (TPSA) is 60.2 Å². The molecular formula is C11H41NO2S. The lowest BCUT2D eigenvalue weighted by molar-refractivity contribution is 0.596. The second kappa shape index (κ2) is 37.1. The van der Waals surface area contributed by atoms with Gasteiger partial charge in [0.1, 0.15) is 0 Å². The summed E-state index contributed by atoms with van der Waals surface area (Å²) in [6.07, 6.45) is 0.596. The molecule has 0 bridgehead atoms. The quantitative estimate of drug-likeness (QED) is 0.768. The van der Waals surface area contributed by atoms with E-state index in [-0.39, 0.29) is 65.2 Å². The van der Waals surface area contributed by atoms with Gasteiger partial charge in [0, 0.05) is 0 Å². The standard InChI is InChI=1S/C3H9NO2S.8CH4/c1-2-3-7(4,5)6;;;;;;;;/h2-3H2,1H3,(H2,4,5,6);8*1H4. The van der Waals surface area contributed by atoms with Crippen molar-refractivity contribution in [3.05, 3.63) is 0 Å². The van der Waals surface area contributed by atoms with Crippen LogP contribution < -0.4 is 5.14 Å². The first-order valence-corrected chi connectivity index (χ1v) is 3.78. The van der Waals surface area contributed by atoms with Crippen molar-refractivity contribution in [1.82, 2.24) is 0 Å². The highest BCUT2D eigenvalue weighted by Gasteiger charge is 1.95. The normalized spacial score (nSPS) is 5.47. The summed E-state index contributed by atoms with van der Waals surface area (Å²) in [4.78, 5) is 0. The Hall–Kier alpha value is -0.0900. The number of hydrogen-bond acceptors (Lipinski definition) is 2. The molecule has 0 amide bonds. The van der Waals surface area contributed by atoms with E-state index in [2.05, 4.69) is 5.14 Å². The van der Waals surface area contributed by atoms with Crippen molar-refractivity contribution in [2.24, 2.45) is 5.14 Å². The van der Waals surface area contributed by atoms with E-state index in [0.717, 1.165) is 0 Å². The van der Waals surface area contributed by atoms with E-state index in [1.54, 1.807) is 6.92 Å². The number of primary sulfonamides is 1. The molecule has 15 heavy (non-hydrogen) atoms. The maximum absolute atomic E-state index is 10.0. The molecule has 0 rings (SSSR count). The molecule has 0 aliphatic carbocycles. The van der Waals surface area contributed by atoms with Crippen LogP contribution in [0.15, 0.2) is 0 Å². The van der Waals surface area contributed by atoms with Crippen LogP contribution in [0.4, 0.5) is 0 Å². The van der Waals surface area contributed by atoms with E-state index in [0.29, 0.717) is 6.42 Å². The van der Waals surface area contributed by atoms with Crippen LogP contribution in [0.5, 0.6) is 0 Å². The summed E-state index contributed by atoms with van der Waals surface area (Å²) in [5.74, 6) is 0.0903.